The third kappa shape index (κ3) is 48.2. The van der Waals surface area contributed by atoms with Gasteiger partial charge in [0.15, 0.2) is 0 Å². The molecule has 4 nitrogen and oxygen atoms in total. The van der Waals surface area contributed by atoms with Crippen molar-refractivity contribution in [3.8, 4) is 0 Å². The molecular formula is C56H111NO3. The molecule has 0 rings (SSSR count). The van der Waals surface area contributed by atoms with Crippen molar-refractivity contribution < 1.29 is 15.0 Å². The third-order valence-electron chi connectivity index (χ3n) is 13.3. The molecule has 2 atom stereocenters. The summed E-state index contributed by atoms with van der Waals surface area (Å²) in [4.78, 5) is 12.4. The standard InChI is InChI=1S/C56H111NO3/c1-3-5-7-9-11-13-15-17-19-20-21-22-23-24-25-26-27-28-29-30-31-32-33-34-35-36-38-40-42-44-46-48-50-52-56(60)57-54(53-58)55(59)51-49-47-45-43-41-39-37-18-16-14-12-10-8-6-4-2/h49,51,54-55,58-59H,3-48,50,52-53H2,1-2H3,(H,57,60)/b51-49+/t54-,55+/m0/s1. The summed E-state index contributed by atoms with van der Waals surface area (Å²) in [5.41, 5.74) is 0. The molecule has 4 heteroatoms. The average Bonchev–Trinajstić information content (AvgIpc) is 3.25. The van der Waals surface area contributed by atoms with Gasteiger partial charge in [0.2, 0.25) is 5.91 Å². The van der Waals surface area contributed by atoms with Crippen molar-refractivity contribution in [2.45, 2.75) is 334 Å². The summed E-state index contributed by atoms with van der Waals surface area (Å²) >= 11 is 0. The Morgan fingerprint density at radius 1 is 0.383 bits per heavy atom. The fraction of sp³-hybridized carbons (Fsp3) is 0.946. The van der Waals surface area contributed by atoms with Gasteiger partial charge in [0.25, 0.3) is 0 Å². The lowest BCUT2D eigenvalue weighted by Crippen LogP contribution is -2.45. The number of aliphatic hydroxyl groups is 2. The van der Waals surface area contributed by atoms with E-state index in [-0.39, 0.29) is 12.5 Å². The van der Waals surface area contributed by atoms with Crippen molar-refractivity contribution in [3.05, 3.63) is 12.2 Å². The highest BCUT2D eigenvalue weighted by atomic mass is 16.3. The highest BCUT2D eigenvalue weighted by Gasteiger charge is 2.18. The zero-order valence-corrected chi connectivity index (χ0v) is 41.3. The lowest BCUT2D eigenvalue weighted by molar-refractivity contribution is -0.123. The van der Waals surface area contributed by atoms with Gasteiger partial charge >= 0.3 is 0 Å². The number of carbonyl (C=O) groups is 1. The summed E-state index contributed by atoms with van der Waals surface area (Å²) < 4.78 is 0. The highest BCUT2D eigenvalue weighted by molar-refractivity contribution is 5.76. The van der Waals surface area contributed by atoms with E-state index in [1.54, 1.807) is 6.08 Å². The maximum absolute atomic E-state index is 12.4. The van der Waals surface area contributed by atoms with E-state index in [9.17, 15) is 15.0 Å². The van der Waals surface area contributed by atoms with E-state index in [0.717, 1.165) is 25.7 Å². The quantitative estimate of drug-likeness (QED) is 0.0422. The van der Waals surface area contributed by atoms with Gasteiger partial charge in [-0.05, 0) is 19.3 Å². The summed E-state index contributed by atoms with van der Waals surface area (Å²) in [6.07, 6.45) is 68.1. The predicted molar refractivity (Wildman–Crippen MR) is 267 cm³/mol. The van der Waals surface area contributed by atoms with Gasteiger partial charge in [0, 0.05) is 6.42 Å². The summed E-state index contributed by atoms with van der Waals surface area (Å²) in [6.45, 7) is 4.34. The van der Waals surface area contributed by atoms with Gasteiger partial charge in [-0.1, -0.05) is 309 Å². The molecule has 0 heterocycles. The molecule has 0 unspecified atom stereocenters. The topological polar surface area (TPSA) is 69.6 Å². The molecule has 0 aromatic carbocycles. The number of aliphatic hydroxyl groups excluding tert-OH is 2. The normalized spacial score (nSPS) is 12.8. The number of unbranched alkanes of at least 4 members (excludes halogenated alkanes) is 45. The summed E-state index contributed by atoms with van der Waals surface area (Å²) in [5, 5.41) is 23.1. The number of amides is 1. The molecule has 0 aliphatic heterocycles. The van der Waals surface area contributed by atoms with Crippen molar-refractivity contribution in [2.75, 3.05) is 6.61 Å². The van der Waals surface area contributed by atoms with Crippen LogP contribution in [-0.4, -0.2) is 34.9 Å². The van der Waals surface area contributed by atoms with Crippen molar-refractivity contribution in [1.82, 2.24) is 5.32 Å². The Kier molecular flexibility index (Phi) is 51.7. The summed E-state index contributed by atoms with van der Waals surface area (Å²) in [6, 6.07) is -0.617. The number of carbonyl (C=O) groups excluding carboxylic acids is 1. The van der Waals surface area contributed by atoms with Gasteiger partial charge in [-0.25, -0.2) is 0 Å². The Morgan fingerprint density at radius 3 is 0.867 bits per heavy atom. The van der Waals surface area contributed by atoms with E-state index in [1.807, 2.05) is 6.08 Å². The van der Waals surface area contributed by atoms with Crippen LogP contribution in [0.5, 0.6) is 0 Å². The minimum absolute atomic E-state index is 0.0567. The van der Waals surface area contributed by atoms with Gasteiger partial charge in [-0.3, -0.25) is 4.79 Å². The lowest BCUT2D eigenvalue weighted by atomic mass is 10.0. The summed E-state index contributed by atoms with van der Waals surface area (Å²) in [5.74, 6) is -0.0567. The molecule has 1 amide bonds. The first kappa shape index (κ1) is 59.1. The van der Waals surface area contributed by atoms with E-state index < -0.39 is 12.1 Å². The van der Waals surface area contributed by atoms with Crippen LogP contribution in [0.2, 0.25) is 0 Å². The minimum Gasteiger partial charge on any atom is -0.394 e. The van der Waals surface area contributed by atoms with Crippen LogP contribution in [-0.2, 0) is 4.79 Å². The molecule has 0 aromatic rings. The zero-order chi connectivity index (χ0) is 43.5. The van der Waals surface area contributed by atoms with E-state index in [4.69, 9.17) is 0 Å². The Labute approximate surface area is 377 Å². The molecule has 3 N–H and O–H groups in total. The van der Waals surface area contributed by atoms with E-state index >= 15 is 0 Å². The molecule has 0 spiro atoms. The van der Waals surface area contributed by atoms with E-state index in [0.29, 0.717) is 6.42 Å². The van der Waals surface area contributed by atoms with Crippen molar-refractivity contribution in [2.24, 2.45) is 0 Å². The van der Waals surface area contributed by atoms with Crippen LogP contribution in [0.4, 0.5) is 0 Å². The fourth-order valence-corrected chi connectivity index (χ4v) is 9.01. The molecule has 0 aliphatic rings. The van der Waals surface area contributed by atoms with Crippen LogP contribution in [0.1, 0.15) is 322 Å². The van der Waals surface area contributed by atoms with E-state index in [1.165, 1.54) is 276 Å². The first-order valence-corrected chi connectivity index (χ1v) is 27.9. The van der Waals surface area contributed by atoms with Gasteiger partial charge in [0.1, 0.15) is 0 Å². The molecule has 0 bridgehead atoms. The van der Waals surface area contributed by atoms with Crippen molar-refractivity contribution >= 4 is 5.91 Å². The second-order valence-electron chi connectivity index (χ2n) is 19.4. The Balaban J connectivity index is 3.38. The van der Waals surface area contributed by atoms with Crippen LogP contribution in [0, 0.1) is 0 Å². The van der Waals surface area contributed by atoms with Gasteiger partial charge in [-0.15, -0.1) is 0 Å². The molecular weight excluding hydrogens is 735 g/mol. The Hall–Kier alpha value is -0.870. The molecule has 0 saturated heterocycles. The fourth-order valence-electron chi connectivity index (χ4n) is 9.01. The smallest absolute Gasteiger partial charge is 0.220 e. The molecule has 0 fully saturated rings. The van der Waals surface area contributed by atoms with E-state index in [2.05, 4.69) is 19.2 Å². The molecule has 0 aliphatic carbocycles. The highest BCUT2D eigenvalue weighted by Crippen LogP contribution is 2.18. The monoisotopic (exact) mass is 846 g/mol. The molecule has 358 valence electrons. The Bertz CT molecular complexity index is 829. The van der Waals surface area contributed by atoms with Crippen LogP contribution in [0.3, 0.4) is 0 Å². The predicted octanol–water partition coefficient (Wildman–Crippen LogP) is 18.1. The van der Waals surface area contributed by atoms with Crippen LogP contribution in [0.25, 0.3) is 0 Å². The SMILES string of the molecule is CCCCCCCCCCCCCCC/C=C/[C@@H](O)[C@H](CO)NC(=O)CCCCCCCCCCCCCCCCCCCCCCCCCCCCCCCCCCC. The largest absolute Gasteiger partial charge is 0.394 e. The maximum Gasteiger partial charge on any atom is 0.220 e. The second kappa shape index (κ2) is 52.5. The molecule has 0 aromatic heterocycles. The molecule has 60 heavy (non-hydrogen) atoms. The first-order chi connectivity index (χ1) is 29.7. The number of nitrogens with one attached hydrogen (secondary N) is 1. The molecule has 0 radical (unpaired) electrons. The van der Waals surface area contributed by atoms with Gasteiger partial charge in [0.05, 0.1) is 18.8 Å². The average molecular weight is 847 g/mol. The minimum atomic E-state index is -0.834. The zero-order valence-electron chi connectivity index (χ0n) is 41.3. The van der Waals surface area contributed by atoms with Gasteiger partial charge < -0.3 is 15.5 Å². The number of rotatable bonds is 52. The Morgan fingerprint density at radius 2 is 0.617 bits per heavy atom. The maximum atomic E-state index is 12.4. The van der Waals surface area contributed by atoms with Crippen molar-refractivity contribution in [3.63, 3.8) is 0 Å². The van der Waals surface area contributed by atoms with Crippen LogP contribution in [0.15, 0.2) is 12.2 Å². The second-order valence-corrected chi connectivity index (χ2v) is 19.4. The van der Waals surface area contributed by atoms with Crippen LogP contribution >= 0.6 is 0 Å². The van der Waals surface area contributed by atoms with Gasteiger partial charge in [-0.2, -0.15) is 0 Å². The number of hydrogen-bond acceptors (Lipinski definition) is 3. The summed E-state index contributed by atoms with van der Waals surface area (Å²) in [7, 11) is 0. The first-order valence-electron chi connectivity index (χ1n) is 27.9. The molecule has 0 saturated carbocycles. The lowest BCUT2D eigenvalue weighted by Gasteiger charge is -2.20. The third-order valence-corrected chi connectivity index (χ3v) is 13.3. The van der Waals surface area contributed by atoms with Crippen LogP contribution < -0.4 is 5.32 Å². The van der Waals surface area contributed by atoms with Crippen molar-refractivity contribution in [1.29, 1.82) is 0 Å². The number of allylic oxidation sites excluding steroid dienone is 1. The number of hydrogen-bond donors (Lipinski definition) is 3.